The van der Waals surface area contributed by atoms with E-state index < -0.39 is 18.1 Å². The Bertz CT molecular complexity index is 1970. The molecule has 2 amide bonds. The zero-order valence-electron chi connectivity index (χ0n) is 27.4. The average Bonchev–Trinajstić information content (AvgIpc) is 3.23. The average molecular weight is 648 g/mol. The van der Waals surface area contributed by atoms with E-state index in [-0.39, 0.29) is 31.4 Å². The van der Waals surface area contributed by atoms with Crippen LogP contribution in [0.2, 0.25) is 0 Å². The molecule has 0 radical (unpaired) electrons. The normalized spacial score (nSPS) is 14.8. The van der Waals surface area contributed by atoms with Gasteiger partial charge in [0.1, 0.15) is 6.04 Å². The molecule has 0 aromatic heterocycles. The van der Waals surface area contributed by atoms with Crippen LogP contribution in [-0.2, 0) is 33.7 Å². The van der Waals surface area contributed by atoms with E-state index in [1.807, 2.05) is 127 Å². The van der Waals surface area contributed by atoms with Crippen molar-refractivity contribution in [3.8, 4) is 6.07 Å². The largest absolute Gasteiger partial charge is 0.466 e. The van der Waals surface area contributed by atoms with Crippen molar-refractivity contribution in [1.29, 1.82) is 5.26 Å². The van der Waals surface area contributed by atoms with E-state index in [0.717, 1.165) is 22.3 Å². The fourth-order valence-electron chi connectivity index (χ4n) is 6.49. The smallest absolute Gasteiger partial charge is 0.308 e. The van der Waals surface area contributed by atoms with Crippen molar-refractivity contribution >= 4 is 23.5 Å². The van der Waals surface area contributed by atoms with Crippen LogP contribution >= 0.6 is 0 Å². The molecule has 7 nitrogen and oxygen atoms in total. The maximum Gasteiger partial charge on any atom is 0.308 e. The second-order valence-electron chi connectivity index (χ2n) is 12.0. The molecule has 244 valence electrons. The van der Waals surface area contributed by atoms with Crippen molar-refractivity contribution in [2.24, 2.45) is 0 Å². The van der Waals surface area contributed by atoms with E-state index in [9.17, 15) is 10.1 Å². The molecule has 0 spiro atoms. The summed E-state index contributed by atoms with van der Waals surface area (Å²) in [6, 6.07) is 42.0. The molecule has 2 atom stereocenters. The van der Waals surface area contributed by atoms with Crippen molar-refractivity contribution in [1.82, 2.24) is 4.90 Å². The van der Waals surface area contributed by atoms with Gasteiger partial charge in [-0.3, -0.25) is 14.4 Å². The number of fused-ring (bicyclic) bond motifs is 1. The van der Waals surface area contributed by atoms with Gasteiger partial charge < -0.3 is 14.5 Å². The molecular weight excluding hydrogens is 610 g/mol. The van der Waals surface area contributed by atoms with Crippen molar-refractivity contribution < 1.29 is 19.1 Å². The second kappa shape index (κ2) is 15.3. The summed E-state index contributed by atoms with van der Waals surface area (Å²) >= 11 is 0. The lowest BCUT2D eigenvalue weighted by Gasteiger charge is -2.37. The number of carbonyl (C=O) groups excluding carboxylic acids is 3. The Balaban J connectivity index is 1.51. The predicted molar refractivity (Wildman–Crippen MR) is 188 cm³/mol. The number of benzene rings is 5. The number of anilines is 1. The molecular formula is C42H37N3O4. The number of carbonyl (C=O) groups is 3. The summed E-state index contributed by atoms with van der Waals surface area (Å²) in [4.78, 5) is 46.7. The van der Waals surface area contributed by atoms with Crippen LogP contribution in [0.5, 0.6) is 0 Å². The highest BCUT2D eigenvalue weighted by Crippen LogP contribution is 2.42. The topological polar surface area (TPSA) is 90.7 Å². The lowest BCUT2D eigenvalue weighted by atomic mass is 9.95. The third kappa shape index (κ3) is 7.45. The van der Waals surface area contributed by atoms with E-state index in [1.54, 1.807) is 22.8 Å². The van der Waals surface area contributed by atoms with Crippen LogP contribution < -0.4 is 4.90 Å². The Labute approximate surface area is 287 Å². The maximum atomic E-state index is 15.2. The number of nitriles is 1. The Morgan fingerprint density at radius 1 is 0.776 bits per heavy atom. The molecule has 0 saturated heterocycles. The molecule has 0 saturated carbocycles. The molecule has 2 unspecified atom stereocenters. The van der Waals surface area contributed by atoms with Gasteiger partial charge in [-0.1, -0.05) is 109 Å². The van der Waals surface area contributed by atoms with Gasteiger partial charge in [-0.05, 0) is 71.8 Å². The van der Waals surface area contributed by atoms with Gasteiger partial charge in [0.15, 0.2) is 0 Å². The fourth-order valence-corrected chi connectivity index (χ4v) is 6.49. The molecule has 1 aliphatic heterocycles. The number of hydrogen-bond donors (Lipinski definition) is 0. The number of amides is 2. The summed E-state index contributed by atoms with van der Waals surface area (Å²) in [5.74, 6) is -1.07. The van der Waals surface area contributed by atoms with Gasteiger partial charge >= 0.3 is 5.97 Å². The van der Waals surface area contributed by atoms with E-state index in [4.69, 9.17) is 4.74 Å². The first kappa shape index (κ1) is 32.9. The highest BCUT2D eigenvalue weighted by atomic mass is 16.5. The van der Waals surface area contributed by atoms with Crippen molar-refractivity contribution in [2.45, 2.75) is 44.8 Å². The van der Waals surface area contributed by atoms with E-state index >= 15 is 9.59 Å². The molecule has 1 heterocycles. The summed E-state index contributed by atoms with van der Waals surface area (Å²) in [6.45, 7) is 2.20. The van der Waals surface area contributed by atoms with Crippen molar-refractivity contribution in [2.75, 3.05) is 11.5 Å². The van der Waals surface area contributed by atoms with Crippen molar-refractivity contribution in [3.63, 3.8) is 0 Å². The van der Waals surface area contributed by atoms with E-state index in [0.29, 0.717) is 35.2 Å². The first-order valence-corrected chi connectivity index (χ1v) is 16.5. The Hall–Kier alpha value is -6.00. The minimum absolute atomic E-state index is 0.122. The summed E-state index contributed by atoms with van der Waals surface area (Å²) in [6.07, 6.45) is 1.17. The van der Waals surface area contributed by atoms with Gasteiger partial charge in [0.05, 0.1) is 48.5 Å². The van der Waals surface area contributed by atoms with Crippen LogP contribution in [0.1, 0.15) is 69.2 Å². The van der Waals surface area contributed by atoms with Crippen LogP contribution in [0, 0.1) is 11.3 Å². The minimum Gasteiger partial charge on any atom is -0.466 e. The second-order valence-corrected chi connectivity index (χ2v) is 12.0. The standard InChI is InChI=1S/C42H37N3O4/c1-2-49-39(46)27-38(34-17-8-4-9-18-34)45-40(35-19-10-5-11-20-35)42(48)44(29-32-13-6-3-7-14-32)37-24-23-31(26-36(37)41(45)47)22-21-30-15-12-16-33(25-30)28-43/h3-20,23-26,38,40H,2,21-22,27,29H2,1H3. The monoisotopic (exact) mass is 647 g/mol. The summed E-state index contributed by atoms with van der Waals surface area (Å²) in [7, 11) is 0. The van der Waals surface area contributed by atoms with Gasteiger partial charge in [-0.2, -0.15) is 5.26 Å². The van der Waals surface area contributed by atoms with E-state index in [1.165, 1.54) is 0 Å². The summed E-state index contributed by atoms with van der Waals surface area (Å²) in [5, 5.41) is 9.37. The number of esters is 1. The number of ether oxygens (including phenoxy) is 1. The van der Waals surface area contributed by atoms with Gasteiger partial charge in [-0.15, -0.1) is 0 Å². The molecule has 5 aromatic rings. The van der Waals surface area contributed by atoms with Crippen LogP contribution in [0.3, 0.4) is 0 Å². The first-order valence-electron chi connectivity index (χ1n) is 16.5. The number of nitrogens with zero attached hydrogens (tertiary/aromatic N) is 3. The van der Waals surface area contributed by atoms with Crippen LogP contribution in [0.4, 0.5) is 5.69 Å². The zero-order chi connectivity index (χ0) is 34.2. The Morgan fingerprint density at radius 3 is 2.08 bits per heavy atom. The van der Waals surface area contributed by atoms with Crippen LogP contribution in [0.25, 0.3) is 0 Å². The molecule has 6 rings (SSSR count). The Kier molecular flexibility index (Phi) is 10.3. The van der Waals surface area contributed by atoms with Gasteiger partial charge in [-0.25, -0.2) is 0 Å². The molecule has 7 heteroatoms. The van der Waals surface area contributed by atoms with Crippen molar-refractivity contribution in [3.05, 3.63) is 172 Å². The molecule has 5 aromatic carbocycles. The molecule has 0 aliphatic carbocycles. The lowest BCUT2D eigenvalue weighted by Crippen LogP contribution is -2.44. The fraction of sp³-hybridized carbons (Fsp3) is 0.190. The number of rotatable bonds is 11. The number of hydrogen-bond acceptors (Lipinski definition) is 5. The van der Waals surface area contributed by atoms with Gasteiger partial charge in [0, 0.05) is 0 Å². The quantitative estimate of drug-likeness (QED) is 0.137. The molecule has 0 fully saturated rings. The third-order valence-electron chi connectivity index (χ3n) is 8.84. The SMILES string of the molecule is CCOC(=O)CC(c1ccccc1)N1C(=O)c2cc(CCc3cccc(C#N)c3)ccc2N(Cc2ccccc2)C(=O)C1c1ccccc1. The summed E-state index contributed by atoms with van der Waals surface area (Å²) < 4.78 is 5.41. The zero-order valence-corrected chi connectivity index (χ0v) is 27.4. The maximum absolute atomic E-state index is 15.2. The van der Waals surface area contributed by atoms with E-state index in [2.05, 4.69) is 6.07 Å². The molecule has 0 N–H and O–H groups in total. The highest BCUT2D eigenvalue weighted by Gasteiger charge is 2.44. The van der Waals surface area contributed by atoms with Gasteiger partial charge in [0.2, 0.25) is 0 Å². The lowest BCUT2D eigenvalue weighted by molar-refractivity contribution is -0.145. The number of aryl methyl sites for hydroxylation is 2. The van der Waals surface area contributed by atoms with Gasteiger partial charge in [0.25, 0.3) is 11.8 Å². The first-order chi connectivity index (χ1) is 24.0. The third-order valence-corrected chi connectivity index (χ3v) is 8.84. The predicted octanol–water partition coefficient (Wildman–Crippen LogP) is 7.77. The molecule has 49 heavy (non-hydrogen) atoms. The Morgan fingerprint density at radius 2 is 1.41 bits per heavy atom. The summed E-state index contributed by atoms with van der Waals surface area (Å²) in [5.41, 5.74) is 5.73. The van der Waals surface area contributed by atoms with Crippen LogP contribution in [0.15, 0.2) is 133 Å². The molecule has 0 bridgehead atoms. The molecule has 1 aliphatic rings. The highest BCUT2D eigenvalue weighted by molar-refractivity contribution is 6.11. The minimum atomic E-state index is -1.03. The van der Waals surface area contributed by atoms with Crippen LogP contribution in [-0.4, -0.2) is 29.3 Å².